The number of ether oxygens (including phenoxy) is 3. The largest absolute Gasteiger partial charge is 0.460 e. The Bertz CT molecular complexity index is 337. The summed E-state index contributed by atoms with van der Waals surface area (Å²) in [5, 5.41) is 0. The van der Waals surface area contributed by atoms with Gasteiger partial charge in [0.25, 0.3) is 0 Å². The summed E-state index contributed by atoms with van der Waals surface area (Å²) in [7, 11) is 0. The van der Waals surface area contributed by atoms with Crippen molar-refractivity contribution < 1.29 is 19.0 Å². The molecule has 1 aromatic rings. The lowest BCUT2D eigenvalue weighted by Gasteiger charge is -2.06. The van der Waals surface area contributed by atoms with Gasteiger partial charge in [-0.3, -0.25) is 0 Å². The summed E-state index contributed by atoms with van der Waals surface area (Å²) in [4.78, 5) is 11.6. The van der Waals surface area contributed by atoms with Crippen LogP contribution in [-0.4, -0.2) is 39.0 Å². The Labute approximate surface area is 114 Å². The molecule has 0 radical (unpaired) electrons. The third-order valence-electron chi connectivity index (χ3n) is 2.50. The van der Waals surface area contributed by atoms with Crippen molar-refractivity contribution in [2.45, 2.75) is 19.8 Å². The number of carbonyl (C=O) groups is 1. The van der Waals surface area contributed by atoms with E-state index in [0.29, 0.717) is 25.4 Å². The van der Waals surface area contributed by atoms with E-state index in [0.717, 1.165) is 26.1 Å². The molecule has 0 aliphatic rings. The van der Waals surface area contributed by atoms with Crippen molar-refractivity contribution in [1.29, 1.82) is 0 Å². The smallest absolute Gasteiger partial charge is 0.338 e. The molecule has 0 spiro atoms. The molecule has 19 heavy (non-hydrogen) atoms. The van der Waals surface area contributed by atoms with E-state index in [4.69, 9.17) is 14.2 Å². The van der Waals surface area contributed by atoms with Gasteiger partial charge in [-0.15, -0.1) is 0 Å². The van der Waals surface area contributed by atoms with Crippen LogP contribution in [0.5, 0.6) is 0 Å². The minimum absolute atomic E-state index is 0.291. The summed E-state index contributed by atoms with van der Waals surface area (Å²) in [5.41, 5.74) is 0.569. The number of carbonyl (C=O) groups excluding carboxylic acids is 1. The number of esters is 1. The van der Waals surface area contributed by atoms with Crippen LogP contribution in [0, 0.1) is 0 Å². The van der Waals surface area contributed by atoms with E-state index in [2.05, 4.69) is 0 Å². The molecule has 0 aliphatic carbocycles. The lowest BCUT2D eigenvalue weighted by molar-refractivity contribution is 0.0303. The van der Waals surface area contributed by atoms with Gasteiger partial charge >= 0.3 is 5.97 Å². The maximum Gasteiger partial charge on any atom is 0.338 e. The molecule has 0 amide bonds. The fourth-order valence-electron chi connectivity index (χ4n) is 1.51. The molecule has 4 heteroatoms. The second-order valence-corrected chi connectivity index (χ2v) is 4.02. The fourth-order valence-corrected chi connectivity index (χ4v) is 1.51. The van der Waals surface area contributed by atoms with Crippen molar-refractivity contribution in [1.82, 2.24) is 0 Å². The summed E-state index contributed by atoms with van der Waals surface area (Å²) in [6.45, 7) is 4.93. The zero-order valence-corrected chi connectivity index (χ0v) is 11.5. The zero-order valence-electron chi connectivity index (χ0n) is 11.5. The van der Waals surface area contributed by atoms with Crippen molar-refractivity contribution in [2.24, 2.45) is 0 Å². The summed E-state index contributed by atoms with van der Waals surface area (Å²) >= 11 is 0. The highest BCUT2D eigenvalue weighted by atomic mass is 16.6. The molecule has 0 fully saturated rings. The Morgan fingerprint density at radius 3 is 2.32 bits per heavy atom. The lowest BCUT2D eigenvalue weighted by Crippen LogP contribution is -2.11. The molecule has 0 unspecified atom stereocenters. The van der Waals surface area contributed by atoms with Gasteiger partial charge in [-0.25, -0.2) is 4.79 Å². The number of hydrogen-bond acceptors (Lipinski definition) is 4. The van der Waals surface area contributed by atoms with E-state index in [1.807, 2.05) is 25.1 Å². The first-order valence-electron chi connectivity index (χ1n) is 6.72. The normalized spacial score (nSPS) is 10.4. The van der Waals surface area contributed by atoms with Gasteiger partial charge in [0.1, 0.15) is 6.61 Å². The van der Waals surface area contributed by atoms with Crippen LogP contribution in [0.2, 0.25) is 0 Å². The molecule has 4 nitrogen and oxygen atoms in total. The molecule has 1 rings (SSSR count). The first-order chi connectivity index (χ1) is 9.34. The highest BCUT2D eigenvalue weighted by Gasteiger charge is 2.04. The topological polar surface area (TPSA) is 44.8 Å². The number of benzene rings is 1. The maximum atomic E-state index is 11.6. The maximum absolute atomic E-state index is 11.6. The van der Waals surface area contributed by atoms with Gasteiger partial charge < -0.3 is 14.2 Å². The molecule has 0 aromatic heterocycles. The first-order valence-corrected chi connectivity index (χ1v) is 6.72. The number of hydrogen-bond donors (Lipinski definition) is 0. The van der Waals surface area contributed by atoms with Crippen LogP contribution in [0.4, 0.5) is 0 Å². The van der Waals surface area contributed by atoms with Gasteiger partial charge in [0.2, 0.25) is 0 Å². The minimum Gasteiger partial charge on any atom is -0.460 e. The average Bonchev–Trinajstić information content (AvgIpc) is 2.46. The van der Waals surface area contributed by atoms with Crippen molar-refractivity contribution in [3.8, 4) is 0 Å². The van der Waals surface area contributed by atoms with E-state index in [9.17, 15) is 4.79 Å². The molecule has 0 atom stereocenters. The molecule has 0 heterocycles. The van der Waals surface area contributed by atoms with Crippen LogP contribution in [-0.2, 0) is 14.2 Å². The molecular formula is C15H22O4. The van der Waals surface area contributed by atoms with Crippen LogP contribution < -0.4 is 0 Å². The molecule has 0 bridgehead atoms. The highest BCUT2D eigenvalue weighted by Crippen LogP contribution is 2.00. The predicted octanol–water partition coefficient (Wildman–Crippen LogP) is 2.68. The van der Waals surface area contributed by atoms with Crippen molar-refractivity contribution in [3.63, 3.8) is 0 Å². The summed E-state index contributed by atoms with van der Waals surface area (Å²) in [6, 6.07) is 8.95. The quantitative estimate of drug-likeness (QED) is 0.482. The zero-order chi connectivity index (χ0) is 13.8. The monoisotopic (exact) mass is 266 g/mol. The van der Waals surface area contributed by atoms with Crippen LogP contribution >= 0.6 is 0 Å². The molecule has 106 valence electrons. The van der Waals surface area contributed by atoms with Gasteiger partial charge in [-0.2, -0.15) is 0 Å². The van der Waals surface area contributed by atoms with Crippen molar-refractivity contribution >= 4 is 5.97 Å². The minimum atomic E-state index is -0.305. The van der Waals surface area contributed by atoms with Crippen molar-refractivity contribution in [2.75, 3.05) is 33.0 Å². The van der Waals surface area contributed by atoms with E-state index in [1.54, 1.807) is 12.1 Å². The standard InChI is InChI=1S/C15H22O4/c1-2-17-10-6-7-11-18-12-13-19-15(16)14-8-4-3-5-9-14/h3-5,8-9H,2,6-7,10-13H2,1H3. The second-order valence-electron chi connectivity index (χ2n) is 4.02. The van der Waals surface area contributed by atoms with Crippen LogP contribution in [0.15, 0.2) is 30.3 Å². The summed E-state index contributed by atoms with van der Waals surface area (Å²) < 4.78 is 15.7. The molecule has 1 aromatic carbocycles. The van der Waals surface area contributed by atoms with E-state index in [-0.39, 0.29) is 5.97 Å². The van der Waals surface area contributed by atoms with Gasteiger partial charge in [0.05, 0.1) is 12.2 Å². The Balaban J connectivity index is 1.95. The first kappa shape index (κ1) is 15.7. The van der Waals surface area contributed by atoms with E-state index in [1.165, 1.54) is 0 Å². The van der Waals surface area contributed by atoms with Crippen molar-refractivity contribution in [3.05, 3.63) is 35.9 Å². The number of unbranched alkanes of at least 4 members (excludes halogenated alkanes) is 1. The molecular weight excluding hydrogens is 244 g/mol. The van der Waals surface area contributed by atoms with Crippen LogP contribution in [0.3, 0.4) is 0 Å². The SMILES string of the molecule is CCOCCCCOCCOC(=O)c1ccccc1. The Hall–Kier alpha value is -1.39. The van der Waals surface area contributed by atoms with Crippen LogP contribution in [0.25, 0.3) is 0 Å². The Kier molecular flexibility index (Phi) is 8.68. The Morgan fingerprint density at radius 1 is 0.947 bits per heavy atom. The molecule has 0 N–H and O–H groups in total. The summed E-state index contributed by atoms with van der Waals surface area (Å²) in [5.74, 6) is -0.305. The lowest BCUT2D eigenvalue weighted by atomic mass is 10.2. The predicted molar refractivity (Wildman–Crippen MR) is 73.3 cm³/mol. The van der Waals surface area contributed by atoms with E-state index < -0.39 is 0 Å². The summed E-state index contributed by atoms with van der Waals surface area (Å²) in [6.07, 6.45) is 1.96. The molecule has 0 saturated carbocycles. The molecule has 0 saturated heterocycles. The van der Waals surface area contributed by atoms with E-state index >= 15 is 0 Å². The fraction of sp³-hybridized carbons (Fsp3) is 0.533. The molecule has 0 aliphatic heterocycles. The second kappa shape index (κ2) is 10.5. The number of rotatable bonds is 10. The third kappa shape index (κ3) is 7.59. The van der Waals surface area contributed by atoms with Crippen LogP contribution in [0.1, 0.15) is 30.1 Å². The highest BCUT2D eigenvalue weighted by molar-refractivity contribution is 5.89. The van der Waals surface area contributed by atoms with Gasteiger partial charge in [0.15, 0.2) is 0 Å². The average molecular weight is 266 g/mol. The van der Waals surface area contributed by atoms with Gasteiger partial charge in [-0.1, -0.05) is 18.2 Å². The third-order valence-corrected chi connectivity index (χ3v) is 2.50. The Morgan fingerprint density at radius 2 is 1.63 bits per heavy atom. The van der Waals surface area contributed by atoms with Gasteiger partial charge in [-0.05, 0) is 31.9 Å². The van der Waals surface area contributed by atoms with Gasteiger partial charge in [0, 0.05) is 19.8 Å².